The summed E-state index contributed by atoms with van der Waals surface area (Å²) < 4.78 is 7.77. The van der Waals surface area contributed by atoms with Crippen molar-refractivity contribution in [3.63, 3.8) is 0 Å². The van der Waals surface area contributed by atoms with E-state index >= 15 is 0 Å². The van der Waals surface area contributed by atoms with Crippen molar-refractivity contribution in [2.45, 2.75) is 6.42 Å². The van der Waals surface area contributed by atoms with Crippen molar-refractivity contribution in [2.24, 2.45) is 5.92 Å². The molecular weight excluding hydrogens is 164 g/mol. The van der Waals surface area contributed by atoms with Gasteiger partial charge in [-0.3, -0.25) is 0 Å². The monoisotopic (exact) mass is 174 g/mol. The molecule has 1 rings (SSSR count). The third-order valence-electron chi connectivity index (χ3n) is 1.42. The zero-order valence-electron chi connectivity index (χ0n) is 5.97. The standard InChI is InChI=1S/C6H10N2O2S/c9-3-5(4-10)1-6-2-7-11-8-6/h2,5,9-10H,1,3-4H2. The molecule has 0 radical (unpaired) electrons. The first-order valence-corrected chi connectivity index (χ1v) is 4.08. The number of hydrogen-bond donors (Lipinski definition) is 2. The molecule has 0 aliphatic rings. The Kier molecular flexibility index (Phi) is 3.41. The van der Waals surface area contributed by atoms with Crippen molar-refractivity contribution in [3.8, 4) is 0 Å². The molecule has 1 aromatic rings. The largest absolute Gasteiger partial charge is 0.396 e. The molecule has 0 bridgehead atoms. The zero-order valence-corrected chi connectivity index (χ0v) is 6.79. The molecule has 0 spiro atoms. The van der Waals surface area contributed by atoms with Crippen LogP contribution in [0.4, 0.5) is 0 Å². The molecule has 62 valence electrons. The van der Waals surface area contributed by atoms with Gasteiger partial charge in [0, 0.05) is 19.1 Å². The van der Waals surface area contributed by atoms with Crippen LogP contribution < -0.4 is 0 Å². The predicted molar refractivity (Wildman–Crippen MR) is 41.3 cm³/mol. The molecule has 0 fully saturated rings. The lowest BCUT2D eigenvalue weighted by atomic mass is 10.1. The number of rotatable bonds is 4. The minimum atomic E-state index is -0.0982. The summed E-state index contributed by atoms with van der Waals surface area (Å²) in [5, 5.41) is 17.4. The van der Waals surface area contributed by atoms with Crippen molar-refractivity contribution in [2.75, 3.05) is 13.2 Å². The molecule has 0 aromatic carbocycles. The minimum absolute atomic E-state index is 0.00593. The van der Waals surface area contributed by atoms with Gasteiger partial charge in [-0.1, -0.05) is 0 Å². The number of aliphatic hydroxyl groups excluding tert-OH is 2. The Morgan fingerprint density at radius 3 is 2.64 bits per heavy atom. The summed E-state index contributed by atoms with van der Waals surface area (Å²) in [6, 6.07) is 0. The minimum Gasteiger partial charge on any atom is -0.396 e. The summed E-state index contributed by atoms with van der Waals surface area (Å²) in [6.45, 7) is -0.0119. The van der Waals surface area contributed by atoms with Gasteiger partial charge in [0.1, 0.15) is 0 Å². The normalized spacial score (nSPS) is 10.8. The topological polar surface area (TPSA) is 66.2 Å². The molecule has 4 nitrogen and oxygen atoms in total. The van der Waals surface area contributed by atoms with Gasteiger partial charge in [-0.25, -0.2) is 0 Å². The van der Waals surface area contributed by atoms with Crippen molar-refractivity contribution in [1.82, 2.24) is 8.75 Å². The van der Waals surface area contributed by atoms with Crippen molar-refractivity contribution in [1.29, 1.82) is 0 Å². The molecule has 0 atom stereocenters. The molecule has 1 heterocycles. The smallest absolute Gasteiger partial charge is 0.0747 e. The number of aromatic nitrogens is 2. The van der Waals surface area contributed by atoms with Crippen LogP contribution in [0.3, 0.4) is 0 Å². The zero-order chi connectivity index (χ0) is 8.10. The quantitative estimate of drug-likeness (QED) is 0.656. The second-order valence-corrected chi connectivity index (χ2v) is 2.89. The highest BCUT2D eigenvalue weighted by atomic mass is 32.1. The maximum atomic E-state index is 8.72. The van der Waals surface area contributed by atoms with E-state index in [1.54, 1.807) is 6.20 Å². The van der Waals surface area contributed by atoms with Crippen LogP contribution in [-0.4, -0.2) is 32.2 Å². The summed E-state index contributed by atoms with van der Waals surface area (Å²) in [5.74, 6) is -0.0982. The summed E-state index contributed by atoms with van der Waals surface area (Å²) >= 11 is 1.14. The molecule has 5 heteroatoms. The van der Waals surface area contributed by atoms with Gasteiger partial charge in [0.15, 0.2) is 0 Å². The van der Waals surface area contributed by atoms with E-state index < -0.39 is 0 Å². The third kappa shape index (κ3) is 2.53. The summed E-state index contributed by atoms with van der Waals surface area (Å²) in [7, 11) is 0. The average molecular weight is 174 g/mol. The van der Waals surface area contributed by atoms with E-state index in [4.69, 9.17) is 10.2 Å². The van der Waals surface area contributed by atoms with E-state index in [0.29, 0.717) is 6.42 Å². The van der Waals surface area contributed by atoms with Gasteiger partial charge in [-0.15, -0.1) is 0 Å². The molecule has 0 amide bonds. The Bertz CT molecular complexity index is 186. The fourth-order valence-corrected chi connectivity index (χ4v) is 1.20. The fraction of sp³-hybridized carbons (Fsp3) is 0.667. The molecular formula is C6H10N2O2S. The highest BCUT2D eigenvalue weighted by molar-refractivity contribution is 6.99. The lowest BCUT2D eigenvalue weighted by molar-refractivity contribution is 0.149. The fourth-order valence-electron chi connectivity index (χ4n) is 0.757. The molecule has 0 saturated heterocycles. The molecule has 2 N–H and O–H groups in total. The second-order valence-electron chi connectivity index (χ2n) is 2.33. The summed E-state index contributed by atoms with van der Waals surface area (Å²) in [6.07, 6.45) is 2.26. The van der Waals surface area contributed by atoms with Crippen LogP contribution in [0.5, 0.6) is 0 Å². The van der Waals surface area contributed by atoms with Gasteiger partial charge in [0.2, 0.25) is 0 Å². The maximum absolute atomic E-state index is 8.72. The van der Waals surface area contributed by atoms with Crippen molar-refractivity contribution < 1.29 is 10.2 Å². The first-order valence-electron chi connectivity index (χ1n) is 3.35. The van der Waals surface area contributed by atoms with Gasteiger partial charge < -0.3 is 10.2 Å². The lowest BCUT2D eigenvalue weighted by Gasteiger charge is -2.06. The van der Waals surface area contributed by atoms with Crippen molar-refractivity contribution >= 4 is 11.7 Å². The average Bonchev–Trinajstić information content (AvgIpc) is 2.52. The van der Waals surface area contributed by atoms with Gasteiger partial charge in [0.05, 0.1) is 23.6 Å². The van der Waals surface area contributed by atoms with Crippen molar-refractivity contribution in [3.05, 3.63) is 11.9 Å². The van der Waals surface area contributed by atoms with E-state index in [0.717, 1.165) is 17.4 Å². The first-order chi connectivity index (χ1) is 5.36. The Labute approximate surface area is 68.8 Å². The van der Waals surface area contributed by atoms with Gasteiger partial charge in [-0.05, 0) is 6.42 Å². The van der Waals surface area contributed by atoms with Crippen LogP contribution in [0.25, 0.3) is 0 Å². The lowest BCUT2D eigenvalue weighted by Crippen LogP contribution is -2.13. The predicted octanol–water partition coefficient (Wildman–Crippen LogP) is -0.319. The SMILES string of the molecule is OCC(CO)Cc1cnsn1. The highest BCUT2D eigenvalue weighted by Gasteiger charge is 2.08. The van der Waals surface area contributed by atoms with Gasteiger partial charge >= 0.3 is 0 Å². The van der Waals surface area contributed by atoms with Crippen LogP contribution in [0.2, 0.25) is 0 Å². The number of hydrogen-bond acceptors (Lipinski definition) is 5. The molecule has 11 heavy (non-hydrogen) atoms. The van der Waals surface area contributed by atoms with Crippen LogP contribution in [0, 0.1) is 5.92 Å². The molecule has 0 saturated carbocycles. The molecule has 0 unspecified atom stereocenters. The van der Waals surface area contributed by atoms with E-state index in [1.807, 2.05) is 0 Å². The highest BCUT2D eigenvalue weighted by Crippen LogP contribution is 2.05. The van der Waals surface area contributed by atoms with E-state index in [1.165, 1.54) is 0 Å². The third-order valence-corrected chi connectivity index (χ3v) is 1.94. The number of nitrogens with zero attached hydrogens (tertiary/aromatic N) is 2. The van der Waals surface area contributed by atoms with Crippen LogP contribution >= 0.6 is 11.7 Å². The van der Waals surface area contributed by atoms with Gasteiger partial charge in [0.25, 0.3) is 0 Å². The summed E-state index contributed by atoms with van der Waals surface area (Å²) in [5.41, 5.74) is 0.836. The maximum Gasteiger partial charge on any atom is 0.0747 e. The Hall–Kier alpha value is -0.520. The summed E-state index contributed by atoms with van der Waals surface area (Å²) in [4.78, 5) is 0. The van der Waals surface area contributed by atoms with Crippen LogP contribution in [-0.2, 0) is 6.42 Å². The van der Waals surface area contributed by atoms with Crippen LogP contribution in [0.1, 0.15) is 5.69 Å². The van der Waals surface area contributed by atoms with E-state index in [2.05, 4.69) is 8.75 Å². The van der Waals surface area contributed by atoms with E-state index in [-0.39, 0.29) is 19.1 Å². The van der Waals surface area contributed by atoms with Gasteiger partial charge in [-0.2, -0.15) is 8.75 Å². The Morgan fingerprint density at radius 2 is 2.18 bits per heavy atom. The molecule has 1 aromatic heterocycles. The molecule has 0 aliphatic heterocycles. The van der Waals surface area contributed by atoms with Crippen LogP contribution in [0.15, 0.2) is 6.20 Å². The first kappa shape index (κ1) is 8.58. The molecule has 0 aliphatic carbocycles. The Morgan fingerprint density at radius 1 is 1.45 bits per heavy atom. The second kappa shape index (κ2) is 4.38. The Balaban J connectivity index is 2.41. The number of aliphatic hydroxyl groups is 2. The van der Waals surface area contributed by atoms with E-state index in [9.17, 15) is 0 Å².